The molecule has 3 saturated carbocycles. The Hall–Kier alpha value is -1.38. The summed E-state index contributed by atoms with van der Waals surface area (Å²) < 4.78 is 5.88. The first-order valence-electron chi connectivity index (χ1n) is 8.70. The van der Waals surface area contributed by atoms with E-state index in [0.717, 1.165) is 12.8 Å². The fraction of sp³-hybridized carbons (Fsp3) is 0.700. The third kappa shape index (κ3) is 2.08. The summed E-state index contributed by atoms with van der Waals surface area (Å²) >= 11 is 0. The molecule has 4 aliphatic carbocycles. The number of ketones is 1. The number of carbonyl (C=O) groups is 2. The summed E-state index contributed by atoms with van der Waals surface area (Å²) in [4.78, 5) is 24.8. The maximum atomic E-state index is 12.6. The van der Waals surface area contributed by atoms with Crippen LogP contribution in [0.15, 0.2) is 23.3 Å². The van der Waals surface area contributed by atoms with Crippen molar-refractivity contribution in [3.05, 3.63) is 23.3 Å². The molecule has 3 nitrogen and oxygen atoms in total. The fourth-order valence-corrected chi connectivity index (χ4v) is 5.55. The summed E-state index contributed by atoms with van der Waals surface area (Å²) in [6, 6.07) is 0. The van der Waals surface area contributed by atoms with Gasteiger partial charge in [0.15, 0.2) is 5.78 Å². The smallest absolute Gasteiger partial charge is 0.333 e. The molecule has 3 heteroatoms. The molecule has 0 spiro atoms. The molecule has 3 fully saturated rings. The summed E-state index contributed by atoms with van der Waals surface area (Å²) in [5.41, 5.74) is 1.74. The second-order valence-electron chi connectivity index (χ2n) is 8.50. The Labute approximate surface area is 139 Å². The second kappa shape index (κ2) is 5.06. The van der Waals surface area contributed by atoms with Gasteiger partial charge >= 0.3 is 5.97 Å². The number of carbonyl (C=O) groups excluding carboxylic acids is 2. The summed E-state index contributed by atoms with van der Waals surface area (Å²) in [7, 11) is 0. The van der Waals surface area contributed by atoms with Crippen molar-refractivity contribution in [2.24, 2.45) is 28.6 Å². The van der Waals surface area contributed by atoms with Crippen LogP contribution in [0, 0.1) is 28.6 Å². The number of ether oxygens (including phenoxy) is 1. The van der Waals surface area contributed by atoms with Crippen LogP contribution in [0.3, 0.4) is 0 Å². The monoisotopic (exact) mass is 316 g/mol. The number of rotatable bonds is 2. The number of fused-ring (bicyclic) bond motifs is 3. The lowest BCUT2D eigenvalue weighted by atomic mass is 9.38. The van der Waals surface area contributed by atoms with Crippen LogP contribution in [0.4, 0.5) is 0 Å². The van der Waals surface area contributed by atoms with E-state index in [9.17, 15) is 9.59 Å². The molecular formula is C20H28O3. The topological polar surface area (TPSA) is 43.4 Å². The molecule has 126 valence electrons. The Morgan fingerprint density at radius 3 is 2.52 bits per heavy atom. The zero-order valence-corrected chi connectivity index (χ0v) is 15.1. The molecule has 5 atom stereocenters. The molecular weight excluding hydrogens is 288 g/mol. The van der Waals surface area contributed by atoms with E-state index in [1.807, 2.05) is 13.0 Å². The van der Waals surface area contributed by atoms with Crippen LogP contribution in [0.5, 0.6) is 0 Å². The zero-order chi connectivity index (χ0) is 17.2. The molecule has 0 heterocycles. The van der Waals surface area contributed by atoms with Gasteiger partial charge in [-0.15, -0.1) is 0 Å². The molecule has 0 aromatic rings. The van der Waals surface area contributed by atoms with E-state index in [2.05, 4.69) is 27.7 Å². The lowest BCUT2D eigenvalue weighted by Gasteiger charge is -2.65. The molecule has 0 aromatic carbocycles. The van der Waals surface area contributed by atoms with Gasteiger partial charge in [0.05, 0.1) is 0 Å². The highest BCUT2D eigenvalue weighted by molar-refractivity contribution is 5.96. The first kappa shape index (κ1) is 16.5. The second-order valence-corrected chi connectivity index (χ2v) is 8.50. The summed E-state index contributed by atoms with van der Waals surface area (Å²) in [6.07, 6.45) is 5.31. The Morgan fingerprint density at radius 1 is 1.30 bits per heavy atom. The van der Waals surface area contributed by atoms with Gasteiger partial charge in [0.25, 0.3) is 0 Å². The third-order valence-corrected chi connectivity index (χ3v) is 6.94. The average molecular weight is 316 g/mol. The van der Waals surface area contributed by atoms with Crippen LogP contribution in [0.2, 0.25) is 0 Å². The van der Waals surface area contributed by atoms with Crippen molar-refractivity contribution in [1.82, 2.24) is 0 Å². The van der Waals surface area contributed by atoms with Crippen molar-refractivity contribution in [3.8, 4) is 0 Å². The predicted octanol–water partition coefficient (Wildman–Crippen LogP) is 4.08. The van der Waals surface area contributed by atoms with E-state index in [0.29, 0.717) is 11.5 Å². The minimum absolute atomic E-state index is 0.0502. The molecule has 0 unspecified atom stereocenters. The van der Waals surface area contributed by atoms with E-state index in [4.69, 9.17) is 4.74 Å². The standard InChI is InChI=1S/C20H28O3/c1-7-11(2)18(22)23-14-8-9-20(6)15-12(3)10-13(21)16(20)17(15)19(14,4)5/h7,10,14-17H,8-9H2,1-6H3/b11-7+/t14-,15-,16+,17-,20+/m1/s1. The van der Waals surface area contributed by atoms with Gasteiger partial charge in [-0.3, -0.25) is 4.79 Å². The van der Waals surface area contributed by atoms with Crippen molar-refractivity contribution in [2.45, 2.75) is 60.5 Å². The molecule has 0 radical (unpaired) electrons. The number of allylic oxidation sites excluding steroid dienone is 3. The molecule has 0 N–H and O–H groups in total. The summed E-state index contributed by atoms with van der Waals surface area (Å²) in [5, 5.41) is 0. The van der Waals surface area contributed by atoms with Crippen LogP contribution < -0.4 is 0 Å². The molecule has 4 aliphatic rings. The molecule has 0 aromatic heterocycles. The van der Waals surface area contributed by atoms with Crippen molar-refractivity contribution < 1.29 is 14.3 Å². The Balaban J connectivity index is 1.94. The predicted molar refractivity (Wildman–Crippen MR) is 89.7 cm³/mol. The van der Waals surface area contributed by atoms with E-state index < -0.39 is 0 Å². The third-order valence-electron chi connectivity index (χ3n) is 6.94. The van der Waals surface area contributed by atoms with Crippen molar-refractivity contribution in [2.75, 3.05) is 0 Å². The maximum Gasteiger partial charge on any atom is 0.333 e. The maximum absolute atomic E-state index is 12.6. The van der Waals surface area contributed by atoms with Crippen LogP contribution in [0.1, 0.15) is 54.4 Å². The molecule has 23 heavy (non-hydrogen) atoms. The number of hydrogen-bond acceptors (Lipinski definition) is 3. The van der Waals surface area contributed by atoms with Gasteiger partial charge in [0, 0.05) is 16.9 Å². The minimum atomic E-state index is -0.224. The molecule has 0 saturated heterocycles. The van der Waals surface area contributed by atoms with Gasteiger partial charge in [-0.2, -0.15) is 0 Å². The number of hydrogen-bond donors (Lipinski definition) is 0. The van der Waals surface area contributed by atoms with E-state index in [1.165, 1.54) is 5.57 Å². The molecule has 0 aliphatic heterocycles. The van der Waals surface area contributed by atoms with Crippen molar-refractivity contribution >= 4 is 11.8 Å². The van der Waals surface area contributed by atoms with Crippen molar-refractivity contribution in [3.63, 3.8) is 0 Å². The highest BCUT2D eigenvalue weighted by atomic mass is 16.5. The number of esters is 1. The first-order valence-corrected chi connectivity index (χ1v) is 8.70. The van der Waals surface area contributed by atoms with Crippen LogP contribution in [-0.4, -0.2) is 17.9 Å². The lowest BCUT2D eigenvalue weighted by molar-refractivity contribution is -0.177. The Morgan fingerprint density at radius 2 is 1.96 bits per heavy atom. The van der Waals surface area contributed by atoms with E-state index >= 15 is 0 Å². The largest absolute Gasteiger partial charge is 0.458 e. The Kier molecular flexibility index (Phi) is 3.62. The highest BCUT2D eigenvalue weighted by Gasteiger charge is 2.70. The summed E-state index contributed by atoms with van der Waals surface area (Å²) in [5.74, 6) is 0.890. The molecule has 4 bridgehead atoms. The fourth-order valence-electron chi connectivity index (χ4n) is 5.55. The van der Waals surface area contributed by atoms with Gasteiger partial charge in [-0.05, 0) is 56.9 Å². The van der Waals surface area contributed by atoms with Gasteiger partial charge in [-0.1, -0.05) is 32.4 Å². The van der Waals surface area contributed by atoms with Crippen LogP contribution in [0.25, 0.3) is 0 Å². The lowest BCUT2D eigenvalue weighted by Crippen LogP contribution is -2.64. The SMILES string of the molecule is C/C=C(\C)C(=O)O[C@@H]1CC[C@@]2(C)[C@@H]3C(C)=CC(=O)[C@H]2[C@@H]3C1(C)C. The molecule has 4 rings (SSSR count). The normalized spacial score (nSPS) is 41.6. The Bertz CT molecular complexity index is 625. The zero-order valence-electron chi connectivity index (χ0n) is 15.1. The van der Waals surface area contributed by atoms with Gasteiger partial charge in [-0.25, -0.2) is 4.79 Å². The average Bonchev–Trinajstić information content (AvgIpc) is 2.60. The van der Waals surface area contributed by atoms with Gasteiger partial charge in [0.2, 0.25) is 0 Å². The quantitative estimate of drug-likeness (QED) is 0.569. The highest BCUT2D eigenvalue weighted by Crippen LogP contribution is 2.71. The first-order chi connectivity index (χ1) is 10.6. The molecule has 0 amide bonds. The van der Waals surface area contributed by atoms with Crippen LogP contribution in [-0.2, 0) is 14.3 Å². The minimum Gasteiger partial charge on any atom is -0.458 e. The van der Waals surface area contributed by atoms with E-state index in [1.54, 1.807) is 13.0 Å². The van der Waals surface area contributed by atoms with Crippen LogP contribution >= 0.6 is 0 Å². The van der Waals surface area contributed by atoms with Gasteiger partial charge in [0.1, 0.15) is 6.10 Å². The van der Waals surface area contributed by atoms with E-state index in [-0.39, 0.29) is 40.5 Å². The van der Waals surface area contributed by atoms with Gasteiger partial charge < -0.3 is 4.74 Å². The summed E-state index contributed by atoms with van der Waals surface area (Å²) in [6.45, 7) is 12.3. The van der Waals surface area contributed by atoms with Crippen molar-refractivity contribution in [1.29, 1.82) is 0 Å².